The lowest BCUT2D eigenvalue weighted by atomic mass is 10.2. The van der Waals surface area contributed by atoms with Gasteiger partial charge in [0.05, 0.1) is 5.69 Å². The number of carbonyl (C=O) groups is 2. The molecule has 0 aromatic heterocycles. The molecule has 0 spiro atoms. The van der Waals surface area contributed by atoms with Crippen LogP contribution in [0.25, 0.3) is 0 Å². The Balaban J connectivity index is 3.05. The average molecular weight is 232 g/mol. The molecule has 1 rings (SSSR count). The summed E-state index contributed by atoms with van der Waals surface area (Å²) >= 11 is 0. The van der Waals surface area contributed by atoms with Gasteiger partial charge in [-0.1, -0.05) is 18.2 Å². The summed E-state index contributed by atoms with van der Waals surface area (Å²) in [5.74, 6) is 0. The molecule has 1 aromatic carbocycles. The van der Waals surface area contributed by atoms with Crippen LogP contribution in [-0.2, 0) is 9.59 Å². The molecule has 0 aliphatic heterocycles. The van der Waals surface area contributed by atoms with E-state index in [1.165, 1.54) is 5.01 Å². The van der Waals surface area contributed by atoms with Crippen molar-refractivity contribution in [1.82, 2.24) is 5.01 Å². The minimum atomic E-state index is 0.593. The number of benzene rings is 1. The lowest BCUT2D eigenvalue weighted by Gasteiger charge is -2.31. The summed E-state index contributed by atoms with van der Waals surface area (Å²) in [7, 11) is 1.74. The Morgan fingerprint density at radius 3 is 2.18 bits per heavy atom. The van der Waals surface area contributed by atoms with E-state index in [0.717, 1.165) is 24.1 Å². The van der Waals surface area contributed by atoms with Crippen molar-refractivity contribution in [2.75, 3.05) is 12.1 Å². The topological polar surface area (TPSA) is 40.6 Å². The van der Waals surface area contributed by atoms with Crippen molar-refractivity contribution in [1.29, 1.82) is 0 Å². The predicted molar refractivity (Wildman–Crippen MR) is 67.2 cm³/mol. The fraction of sp³-hybridized carbons (Fsp3) is 0.231. The number of aldehydes is 1. The highest BCUT2D eigenvalue weighted by Gasteiger charge is 2.12. The Morgan fingerprint density at radius 2 is 1.71 bits per heavy atom. The molecule has 0 saturated heterocycles. The molecule has 1 amide bonds. The molecule has 17 heavy (non-hydrogen) atoms. The summed E-state index contributed by atoms with van der Waals surface area (Å²) in [5.41, 5.74) is 2.08. The Kier molecular flexibility index (Phi) is 4.46. The zero-order valence-electron chi connectivity index (χ0n) is 10.3. The molecule has 0 N–H and O–H groups in total. The van der Waals surface area contributed by atoms with Crippen LogP contribution in [0, 0.1) is 0 Å². The minimum Gasteiger partial charge on any atom is -0.298 e. The smallest absolute Gasteiger partial charge is 0.233 e. The van der Waals surface area contributed by atoms with Crippen LogP contribution in [0.4, 0.5) is 5.69 Å². The van der Waals surface area contributed by atoms with Crippen molar-refractivity contribution in [3.8, 4) is 0 Å². The number of carbonyl (C=O) groups excluding carboxylic acids is 2. The predicted octanol–water partition coefficient (Wildman–Crippen LogP) is 1.99. The summed E-state index contributed by atoms with van der Waals surface area (Å²) in [6, 6.07) is 9.24. The standard InChI is InChI=1S/C13H16N2O2/c1-11(9-16)12(2)14(3)15(10-17)13-7-5-4-6-8-13/h4-10H,1-3H3/b12-11+. The summed E-state index contributed by atoms with van der Waals surface area (Å²) in [5, 5.41) is 3.09. The highest BCUT2D eigenvalue weighted by molar-refractivity contribution is 5.76. The quantitative estimate of drug-likeness (QED) is 0.443. The number of anilines is 1. The first-order chi connectivity index (χ1) is 8.11. The molecule has 0 aliphatic carbocycles. The van der Waals surface area contributed by atoms with Crippen LogP contribution in [-0.4, -0.2) is 24.8 Å². The Morgan fingerprint density at radius 1 is 1.12 bits per heavy atom. The monoisotopic (exact) mass is 232 g/mol. The maximum atomic E-state index is 11.1. The number of hydrogen-bond donors (Lipinski definition) is 0. The molecule has 1 aromatic rings. The fourth-order valence-corrected chi connectivity index (χ4v) is 1.39. The zero-order valence-corrected chi connectivity index (χ0v) is 10.3. The number of nitrogens with zero attached hydrogens (tertiary/aromatic N) is 2. The van der Waals surface area contributed by atoms with Crippen LogP contribution in [0.3, 0.4) is 0 Å². The van der Waals surface area contributed by atoms with Gasteiger partial charge in [0.25, 0.3) is 0 Å². The van der Waals surface area contributed by atoms with Crippen LogP contribution in [0.15, 0.2) is 41.6 Å². The van der Waals surface area contributed by atoms with E-state index in [0.29, 0.717) is 5.57 Å². The van der Waals surface area contributed by atoms with Crippen molar-refractivity contribution < 1.29 is 9.59 Å². The fourth-order valence-electron chi connectivity index (χ4n) is 1.39. The third-order valence-corrected chi connectivity index (χ3v) is 2.68. The van der Waals surface area contributed by atoms with Gasteiger partial charge in [-0.05, 0) is 26.0 Å². The summed E-state index contributed by atoms with van der Waals surface area (Å²) in [4.78, 5) is 21.8. The van der Waals surface area contributed by atoms with Crippen molar-refractivity contribution in [3.05, 3.63) is 41.6 Å². The van der Waals surface area contributed by atoms with Crippen molar-refractivity contribution in [2.45, 2.75) is 13.8 Å². The Hall–Kier alpha value is -2.10. The van der Waals surface area contributed by atoms with Gasteiger partial charge < -0.3 is 0 Å². The number of allylic oxidation sites excluding steroid dienone is 2. The second kappa shape index (κ2) is 5.84. The molecule has 4 nitrogen and oxygen atoms in total. The number of para-hydroxylation sites is 1. The van der Waals surface area contributed by atoms with E-state index in [1.54, 1.807) is 25.9 Å². The van der Waals surface area contributed by atoms with Gasteiger partial charge in [-0.3, -0.25) is 14.6 Å². The average Bonchev–Trinajstić information content (AvgIpc) is 2.38. The van der Waals surface area contributed by atoms with Gasteiger partial charge in [0, 0.05) is 18.3 Å². The molecule has 0 atom stereocenters. The normalized spacial score (nSPS) is 11.5. The van der Waals surface area contributed by atoms with Gasteiger partial charge in [0.2, 0.25) is 6.41 Å². The van der Waals surface area contributed by atoms with Gasteiger partial charge in [-0.2, -0.15) is 0 Å². The third-order valence-electron chi connectivity index (χ3n) is 2.68. The molecule has 4 heteroatoms. The van der Waals surface area contributed by atoms with Crippen LogP contribution in [0.5, 0.6) is 0 Å². The van der Waals surface area contributed by atoms with Crippen LogP contribution in [0.1, 0.15) is 13.8 Å². The Labute approximate surface area is 101 Å². The van der Waals surface area contributed by atoms with Crippen LogP contribution >= 0.6 is 0 Å². The lowest BCUT2D eigenvalue weighted by molar-refractivity contribution is -0.109. The third kappa shape index (κ3) is 2.93. The number of hydrazine groups is 1. The van der Waals surface area contributed by atoms with Crippen molar-refractivity contribution in [2.24, 2.45) is 0 Å². The summed E-state index contributed by atoms with van der Waals surface area (Å²) in [6.45, 7) is 3.51. The molecule has 0 unspecified atom stereocenters. The van der Waals surface area contributed by atoms with Crippen LogP contribution in [0.2, 0.25) is 0 Å². The lowest BCUT2D eigenvalue weighted by Crippen LogP contribution is -2.38. The van der Waals surface area contributed by atoms with E-state index in [9.17, 15) is 9.59 Å². The molecule has 0 saturated carbocycles. The van der Waals surface area contributed by atoms with E-state index in [1.807, 2.05) is 30.3 Å². The first kappa shape index (κ1) is 13.0. The van der Waals surface area contributed by atoms with E-state index in [4.69, 9.17) is 0 Å². The summed E-state index contributed by atoms with van der Waals surface area (Å²) < 4.78 is 0. The largest absolute Gasteiger partial charge is 0.298 e. The van der Waals surface area contributed by atoms with Crippen LogP contribution < -0.4 is 5.01 Å². The van der Waals surface area contributed by atoms with Gasteiger partial charge in [-0.15, -0.1) is 0 Å². The molecule has 0 heterocycles. The number of amides is 1. The molecule has 90 valence electrons. The van der Waals surface area contributed by atoms with E-state index in [-0.39, 0.29) is 0 Å². The number of rotatable bonds is 5. The van der Waals surface area contributed by atoms with E-state index >= 15 is 0 Å². The highest BCUT2D eigenvalue weighted by Crippen LogP contribution is 2.17. The molecule has 0 fully saturated rings. The minimum absolute atomic E-state index is 0.593. The molecule has 0 radical (unpaired) electrons. The first-order valence-corrected chi connectivity index (χ1v) is 5.27. The SMILES string of the molecule is C/C(C=O)=C(/C)N(C)N(C=O)c1ccccc1. The summed E-state index contributed by atoms with van der Waals surface area (Å²) in [6.07, 6.45) is 1.50. The van der Waals surface area contributed by atoms with Crippen molar-refractivity contribution >= 4 is 18.4 Å². The van der Waals surface area contributed by atoms with E-state index < -0.39 is 0 Å². The van der Waals surface area contributed by atoms with Crippen molar-refractivity contribution in [3.63, 3.8) is 0 Å². The maximum Gasteiger partial charge on any atom is 0.233 e. The highest BCUT2D eigenvalue weighted by atomic mass is 16.1. The maximum absolute atomic E-state index is 11.1. The second-order valence-corrected chi connectivity index (χ2v) is 3.70. The molecular formula is C13H16N2O2. The second-order valence-electron chi connectivity index (χ2n) is 3.70. The van der Waals surface area contributed by atoms with Gasteiger partial charge >= 0.3 is 0 Å². The molecular weight excluding hydrogens is 216 g/mol. The van der Waals surface area contributed by atoms with Gasteiger partial charge in [-0.25, -0.2) is 5.01 Å². The van der Waals surface area contributed by atoms with Gasteiger partial charge in [0.1, 0.15) is 6.29 Å². The number of hydrogen-bond acceptors (Lipinski definition) is 3. The molecule has 0 bridgehead atoms. The van der Waals surface area contributed by atoms with Gasteiger partial charge in [0.15, 0.2) is 0 Å². The van der Waals surface area contributed by atoms with E-state index in [2.05, 4.69) is 0 Å². The molecule has 0 aliphatic rings. The first-order valence-electron chi connectivity index (χ1n) is 5.27. The Bertz CT molecular complexity index is 426. The zero-order chi connectivity index (χ0) is 12.8.